The van der Waals surface area contributed by atoms with Crippen LogP contribution >= 0.6 is 0 Å². The van der Waals surface area contributed by atoms with Crippen LogP contribution in [-0.2, 0) is 4.74 Å². The monoisotopic (exact) mass is 294 g/mol. The maximum atomic E-state index is 13.3. The summed E-state index contributed by atoms with van der Waals surface area (Å²) in [6.45, 7) is -0.667. The van der Waals surface area contributed by atoms with Crippen LogP contribution in [0.5, 0.6) is 0 Å². The molecule has 1 aliphatic rings. The van der Waals surface area contributed by atoms with Crippen molar-refractivity contribution in [3.05, 3.63) is 12.4 Å². The van der Waals surface area contributed by atoms with Crippen molar-refractivity contribution >= 4 is 17.0 Å². The van der Waals surface area contributed by atoms with E-state index >= 15 is 0 Å². The molecule has 10 heteroatoms. The Bertz CT molecular complexity index is 743. The van der Waals surface area contributed by atoms with E-state index in [0.29, 0.717) is 0 Å². The maximum absolute atomic E-state index is 13.3. The minimum atomic E-state index is -1.72. The standard InChI is InChI=1S/C11H11FN6O3/c12-10-16-8(14)7-9(17-10)18(4-15-7)6-1-5(20)11(2-13,3-19)21-6/h4-6,19-20H,1,3H2,(H2,14,16,17). The van der Waals surface area contributed by atoms with Crippen molar-refractivity contribution in [2.75, 3.05) is 12.3 Å². The molecule has 2 aromatic rings. The van der Waals surface area contributed by atoms with Crippen LogP contribution in [0.1, 0.15) is 12.6 Å². The van der Waals surface area contributed by atoms with Gasteiger partial charge in [-0.2, -0.15) is 19.6 Å². The Morgan fingerprint density at radius 3 is 3.00 bits per heavy atom. The van der Waals surface area contributed by atoms with Crippen molar-refractivity contribution < 1.29 is 19.3 Å². The topological polar surface area (TPSA) is 143 Å². The second kappa shape index (κ2) is 4.59. The number of nitriles is 1. The Labute approximate surface area is 117 Å². The molecule has 0 radical (unpaired) electrons. The molecule has 110 valence electrons. The number of halogens is 1. The van der Waals surface area contributed by atoms with Gasteiger partial charge in [-0.05, 0) is 0 Å². The first-order valence-electron chi connectivity index (χ1n) is 6.04. The van der Waals surface area contributed by atoms with Gasteiger partial charge in [-0.1, -0.05) is 0 Å². The number of aliphatic hydroxyl groups excluding tert-OH is 2. The molecule has 0 aromatic carbocycles. The predicted octanol–water partition coefficient (Wildman–Crippen LogP) is -0.918. The molecule has 3 unspecified atom stereocenters. The average Bonchev–Trinajstić information content (AvgIpc) is 3.00. The highest BCUT2D eigenvalue weighted by atomic mass is 19.1. The number of anilines is 1. The Morgan fingerprint density at radius 1 is 1.62 bits per heavy atom. The fourth-order valence-electron chi connectivity index (χ4n) is 2.32. The van der Waals surface area contributed by atoms with Crippen molar-refractivity contribution in [2.45, 2.75) is 24.4 Å². The Hall–Kier alpha value is -2.35. The largest absolute Gasteiger partial charge is 0.392 e. The average molecular weight is 294 g/mol. The van der Waals surface area contributed by atoms with Gasteiger partial charge in [-0.3, -0.25) is 4.57 Å². The molecular formula is C11H11FN6O3. The lowest BCUT2D eigenvalue weighted by molar-refractivity contribution is -0.0904. The number of nitrogen functional groups attached to an aromatic ring is 1. The third-order valence-electron chi connectivity index (χ3n) is 3.47. The zero-order valence-electron chi connectivity index (χ0n) is 10.6. The number of hydrogen-bond donors (Lipinski definition) is 3. The summed E-state index contributed by atoms with van der Waals surface area (Å²) < 4.78 is 20.0. The molecule has 3 heterocycles. The normalized spacial score (nSPS) is 28.9. The fraction of sp³-hybridized carbons (Fsp3) is 0.455. The Morgan fingerprint density at radius 2 is 2.38 bits per heavy atom. The van der Waals surface area contributed by atoms with E-state index in [-0.39, 0.29) is 23.4 Å². The van der Waals surface area contributed by atoms with E-state index in [4.69, 9.17) is 15.7 Å². The van der Waals surface area contributed by atoms with Crippen LogP contribution < -0.4 is 5.73 Å². The lowest BCUT2D eigenvalue weighted by atomic mass is 10.00. The number of nitrogens with zero attached hydrogens (tertiary/aromatic N) is 5. The van der Waals surface area contributed by atoms with E-state index in [9.17, 15) is 14.6 Å². The van der Waals surface area contributed by atoms with Crippen molar-refractivity contribution in [3.63, 3.8) is 0 Å². The van der Waals surface area contributed by atoms with E-state index in [1.54, 1.807) is 6.07 Å². The first-order valence-corrected chi connectivity index (χ1v) is 6.04. The number of aliphatic hydroxyl groups is 2. The van der Waals surface area contributed by atoms with Crippen molar-refractivity contribution in [3.8, 4) is 6.07 Å². The summed E-state index contributed by atoms with van der Waals surface area (Å²) in [7, 11) is 0. The Kier molecular flexibility index (Phi) is 2.98. The van der Waals surface area contributed by atoms with Gasteiger partial charge in [-0.25, -0.2) is 4.98 Å². The number of nitrogens with two attached hydrogens (primary N) is 1. The molecule has 9 nitrogen and oxygen atoms in total. The molecule has 0 spiro atoms. The first-order chi connectivity index (χ1) is 10.0. The molecule has 3 rings (SSSR count). The third-order valence-corrected chi connectivity index (χ3v) is 3.47. The molecule has 1 fully saturated rings. The maximum Gasteiger partial charge on any atom is 0.312 e. The molecule has 0 aliphatic carbocycles. The number of hydrogen-bond acceptors (Lipinski definition) is 8. The van der Waals surface area contributed by atoms with Crippen molar-refractivity contribution in [2.24, 2.45) is 0 Å². The van der Waals surface area contributed by atoms with Crippen LogP contribution in [0.15, 0.2) is 6.33 Å². The van der Waals surface area contributed by atoms with Gasteiger partial charge >= 0.3 is 6.08 Å². The van der Waals surface area contributed by atoms with Gasteiger partial charge in [0.1, 0.15) is 18.4 Å². The molecule has 2 aromatic heterocycles. The summed E-state index contributed by atoms with van der Waals surface area (Å²) in [5, 5.41) is 28.3. The minimum absolute atomic E-state index is 0.0190. The third kappa shape index (κ3) is 1.90. The van der Waals surface area contributed by atoms with Gasteiger partial charge in [0.2, 0.25) is 5.60 Å². The molecule has 1 aliphatic heterocycles. The molecule has 0 bridgehead atoms. The van der Waals surface area contributed by atoms with Crippen LogP contribution in [0.4, 0.5) is 10.2 Å². The molecule has 1 saturated heterocycles. The van der Waals surface area contributed by atoms with Crippen LogP contribution in [0.2, 0.25) is 0 Å². The Balaban J connectivity index is 2.05. The predicted molar refractivity (Wildman–Crippen MR) is 65.9 cm³/mol. The van der Waals surface area contributed by atoms with Crippen LogP contribution in [0, 0.1) is 17.4 Å². The number of ether oxygens (including phenoxy) is 1. The van der Waals surface area contributed by atoms with Gasteiger partial charge in [0.05, 0.1) is 12.9 Å². The van der Waals surface area contributed by atoms with Crippen molar-refractivity contribution in [1.29, 1.82) is 5.26 Å². The molecular weight excluding hydrogens is 283 g/mol. The summed E-state index contributed by atoms with van der Waals surface area (Å²) in [6.07, 6.45) is -1.72. The van der Waals surface area contributed by atoms with Gasteiger partial charge in [-0.15, -0.1) is 0 Å². The summed E-state index contributed by atoms with van der Waals surface area (Å²) in [6, 6.07) is 1.75. The summed E-state index contributed by atoms with van der Waals surface area (Å²) in [5.41, 5.74) is 4.10. The van der Waals surface area contributed by atoms with Crippen molar-refractivity contribution in [1.82, 2.24) is 19.5 Å². The van der Waals surface area contributed by atoms with E-state index in [1.165, 1.54) is 10.9 Å². The highest BCUT2D eigenvalue weighted by Crippen LogP contribution is 2.37. The van der Waals surface area contributed by atoms with E-state index in [2.05, 4.69) is 15.0 Å². The summed E-state index contributed by atoms with van der Waals surface area (Å²) in [5.74, 6) is -0.122. The van der Waals surface area contributed by atoms with Crippen LogP contribution in [0.3, 0.4) is 0 Å². The van der Waals surface area contributed by atoms with Gasteiger partial charge in [0.15, 0.2) is 17.0 Å². The second-order valence-electron chi connectivity index (χ2n) is 4.69. The zero-order chi connectivity index (χ0) is 15.2. The fourth-order valence-corrected chi connectivity index (χ4v) is 2.32. The van der Waals surface area contributed by atoms with Crippen LogP contribution in [-0.4, -0.2) is 48.0 Å². The molecule has 4 N–H and O–H groups in total. The molecule has 0 amide bonds. The molecule has 21 heavy (non-hydrogen) atoms. The molecule has 3 atom stereocenters. The van der Waals surface area contributed by atoms with Gasteiger partial charge in [0.25, 0.3) is 0 Å². The number of aromatic nitrogens is 4. The zero-order valence-corrected chi connectivity index (χ0v) is 10.6. The van der Waals surface area contributed by atoms with Gasteiger partial charge in [0, 0.05) is 6.42 Å². The SMILES string of the molecule is N#CC1(CO)OC(n2cnc3c(N)nc(F)nc32)CC1O. The summed E-state index contributed by atoms with van der Waals surface area (Å²) >= 11 is 0. The van der Waals surface area contributed by atoms with Gasteiger partial charge < -0.3 is 20.7 Å². The second-order valence-corrected chi connectivity index (χ2v) is 4.69. The van der Waals surface area contributed by atoms with E-state index in [0.717, 1.165) is 0 Å². The first kappa shape index (κ1) is 13.6. The lowest BCUT2D eigenvalue weighted by Gasteiger charge is -2.21. The summed E-state index contributed by atoms with van der Waals surface area (Å²) in [4.78, 5) is 10.9. The highest BCUT2D eigenvalue weighted by Gasteiger charge is 2.49. The quantitative estimate of drug-likeness (QED) is 0.603. The van der Waals surface area contributed by atoms with E-state index in [1.807, 2.05) is 0 Å². The number of rotatable bonds is 2. The number of fused-ring (bicyclic) bond motifs is 1. The number of imidazole rings is 1. The lowest BCUT2D eigenvalue weighted by Crippen LogP contribution is -2.41. The smallest absolute Gasteiger partial charge is 0.312 e. The van der Waals surface area contributed by atoms with E-state index < -0.39 is 30.6 Å². The minimum Gasteiger partial charge on any atom is -0.392 e. The highest BCUT2D eigenvalue weighted by molar-refractivity contribution is 5.81. The molecule has 0 saturated carbocycles. The van der Waals surface area contributed by atoms with Crippen LogP contribution in [0.25, 0.3) is 11.2 Å².